The highest BCUT2D eigenvalue weighted by Gasteiger charge is 2.06. The summed E-state index contributed by atoms with van der Waals surface area (Å²) >= 11 is 1.87. The summed E-state index contributed by atoms with van der Waals surface area (Å²) in [6.07, 6.45) is 3.06. The molecule has 0 saturated carbocycles. The predicted molar refractivity (Wildman–Crippen MR) is 76.4 cm³/mol. The van der Waals surface area contributed by atoms with Crippen molar-refractivity contribution >= 4 is 11.8 Å². The highest BCUT2D eigenvalue weighted by Crippen LogP contribution is 2.26. The van der Waals surface area contributed by atoms with Crippen molar-refractivity contribution in [1.29, 1.82) is 0 Å². The molecule has 1 unspecified atom stereocenters. The molecule has 0 bridgehead atoms. The van der Waals surface area contributed by atoms with E-state index < -0.39 is 0 Å². The predicted octanol–water partition coefficient (Wildman–Crippen LogP) is 4.58. The van der Waals surface area contributed by atoms with Crippen molar-refractivity contribution in [3.63, 3.8) is 0 Å². The van der Waals surface area contributed by atoms with Gasteiger partial charge in [-0.05, 0) is 24.1 Å². The molecule has 0 heterocycles. The van der Waals surface area contributed by atoms with Gasteiger partial charge in [-0.2, -0.15) is 0 Å². The monoisotopic (exact) mass is 240 g/mol. The molecule has 0 N–H and O–H groups in total. The average molecular weight is 240 g/mol. The summed E-state index contributed by atoms with van der Waals surface area (Å²) in [5.74, 6) is 0. The van der Waals surface area contributed by atoms with E-state index in [2.05, 4.69) is 61.2 Å². The minimum atomic E-state index is 0.430. The first kappa shape index (κ1) is 12.0. The summed E-state index contributed by atoms with van der Waals surface area (Å²) < 4.78 is 0. The molecular formula is C16H16S. The zero-order valence-electron chi connectivity index (χ0n) is 9.75. The van der Waals surface area contributed by atoms with E-state index in [1.165, 1.54) is 10.5 Å². The summed E-state index contributed by atoms with van der Waals surface area (Å²) in [4.78, 5) is 1.30. The molecule has 0 aliphatic rings. The Hall–Kier alpha value is -1.47. The Kier molecular flexibility index (Phi) is 4.45. The smallest absolute Gasteiger partial charge is 0.0312 e. The Morgan fingerprint density at radius 2 is 1.53 bits per heavy atom. The topological polar surface area (TPSA) is 0 Å². The van der Waals surface area contributed by atoms with E-state index in [-0.39, 0.29) is 0 Å². The van der Waals surface area contributed by atoms with Crippen molar-refractivity contribution in [2.24, 2.45) is 0 Å². The fourth-order valence-electron chi connectivity index (χ4n) is 1.69. The van der Waals surface area contributed by atoms with Crippen molar-refractivity contribution in [1.82, 2.24) is 0 Å². The lowest BCUT2D eigenvalue weighted by atomic mass is 10.1. The Morgan fingerprint density at radius 3 is 2.12 bits per heavy atom. The number of hydrogen-bond donors (Lipinski definition) is 0. The van der Waals surface area contributed by atoms with Crippen molar-refractivity contribution in [3.05, 3.63) is 78.9 Å². The number of hydrogen-bond acceptors (Lipinski definition) is 1. The van der Waals surface area contributed by atoms with Gasteiger partial charge in [0.25, 0.3) is 0 Å². The Bertz CT molecular complexity index is 406. The fourth-order valence-corrected chi connectivity index (χ4v) is 2.73. The van der Waals surface area contributed by atoms with Gasteiger partial charge in [-0.1, -0.05) is 54.6 Å². The molecule has 86 valence electrons. The molecule has 0 radical (unpaired) electrons. The van der Waals surface area contributed by atoms with Gasteiger partial charge >= 0.3 is 0 Å². The van der Waals surface area contributed by atoms with E-state index in [1.807, 2.05) is 23.9 Å². The molecule has 0 aliphatic heterocycles. The van der Waals surface area contributed by atoms with Gasteiger partial charge in [0.15, 0.2) is 0 Å². The van der Waals surface area contributed by atoms with Crippen LogP contribution in [0.25, 0.3) is 0 Å². The van der Waals surface area contributed by atoms with Gasteiger partial charge in [-0.15, -0.1) is 18.3 Å². The average Bonchev–Trinajstić information content (AvgIpc) is 2.40. The van der Waals surface area contributed by atoms with Crippen molar-refractivity contribution < 1.29 is 0 Å². The lowest BCUT2D eigenvalue weighted by molar-refractivity contribution is 1.02. The van der Waals surface area contributed by atoms with E-state index in [9.17, 15) is 0 Å². The largest absolute Gasteiger partial charge is 0.118 e. The van der Waals surface area contributed by atoms with Gasteiger partial charge in [0.05, 0.1) is 0 Å². The van der Waals surface area contributed by atoms with Crippen LogP contribution in [0.5, 0.6) is 0 Å². The zero-order valence-corrected chi connectivity index (χ0v) is 10.6. The molecule has 0 saturated heterocycles. The maximum atomic E-state index is 3.93. The quantitative estimate of drug-likeness (QED) is 0.544. The van der Waals surface area contributed by atoms with Gasteiger partial charge in [0.1, 0.15) is 0 Å². The standard InChI is InChI=1S/C16H16S/c1-2-15(13-14-9-5-3-6-10-14)17-16-11-7-4-8-12-16/h2-12,15H,1,13H2. The van der Waals surface area contributed by atoms with Gasteiger partial charge in [-0.3, -0.25) is 0 Å². The van der Waals surface area contributed by atoms with Crippen LogP contribution >= 0.6 is 11.8 Å². The summed E-state index contributed by atoms with van der Waals surface area (Å²) in [5.41, 5.74) is 1.36. The van der Waals surface area contributed by atoms with Gasteiger partial charge in [-0.25, -0.2) is 0 Å². The Morgan fingerprint density at radius 1 is 0.941 bits per heavy atom. The molecule has 1 heteroatoms. The van der Waals surface area contributed by atoms with Crippen LogP contribution in [-0.4, -0.2) is 5.25 Å². The molecule has 0 nitrogen and oxygen atoms in total. The van der Waals surface area contributed by atoms with Crippen molar-refractivity contribution in [2.75, 3.05) is 0 Å². The van der Waals surface area contributed by atoms with Gasteiger partial charge in [0, 0.05) is 10.1 Å². The number of benzene rings is 2. The lowest BCUT2D eigenvalue weighted by Crippen LogP contribution is -2.02. The second-order valence-corrected chi connectivity index (χ2v) is 5.21. The summed E-state index contributed by atoms with van der Waals surface area (Å²) in [6, 6.07) is 21.0. The summed E-state index contributed by atoms with van der Waals surface area (Å²) in [6.45, 7) is 3.93. The second-order valence-electron chi connectivity index (χ2n) is 3.89. The molecule has 17 heavy (non-hydrogen) atoms. The molecular weight excluding hydrogens is 224 g/mol. The van der Waals surface area contributed by atoms with Gasteiger partial charge < -0.3 is 0 Å². The molecule has 2 aromatic rings. The minimum Gasteiger partial charge on any atom is -0.118 e. The summed E-state index contributed by atoms with van der Waals surface area (Å²) in [7, 11) is 0. The van der Waals surface area contributed by atoms with Crippen molar-refractivity contribution in [2.45, 2.75) is 16.6 Å². The van der Waals surface area contributed by atoms with E-state index in [0.29, 0.717) is 5.25 Å². The van der Waals surface area contributed by atoms with Crippen LogP contribution in [0.4, 0.5) is 0 Å². The molecule has 0 aromatic heterocycles. The zero-order chi connectivity index (χ0) is 11.9. The molecule has 0 spiro atoms. The van der Waals surface area contributed by atoms with Crippen LogP contribution in [0.1, 0.15) is 5.56 Å². The minimum absolute atomic E-state index is 0.430. The SMILES string of the molecule is C=CC(Cc1ccccc1)Sc1ccccc1. The highest BCUT2D eigenvalue weighted by atomic mass is 32.2. The van der Waals surface area contributed by atoms with Crippen LogP contribution in [0.3, 0.4) is 0 Å². The fraction of sp³-hybridized carbons (Fsp3) is 0.125. The number of thioether (sulfide) groups is 1. The molecule has 1 atom stereocenters. The third-order valence-electron chi connectivity index (χ3n) is 2.57. The maximum Gasteiger partial charge on any atom is 0.0312 e. The molecule has 2 aromatic carbocycles. The van der Waals surface area contributed by atoms with Crippen LogP contribution < -0.4 is 0 Å². The van der Waals surface area contributed by atoms with Crippen LogP contribution in [0, 0.1) is 0 Å². The van der Waals surface area contributed by atoms with Crippen LogP contribution in [0.15, 0.2) is 78.2 Å². The molecule has 0 fully saturated rings. The third-order valence-corrected chi connectivity index (χ3v) is 3.78. The Labute approximate surface area is 107 Å². The van der Waals surface area contributed by atoms with Crippen LogP contribution in [-0.2, 0) is 6.42 Å². The molecule has 0 amide bonds. The van der Waals surface area contributed by atoms with E-state index in [1.54, 1.807) is 0 Å². The lowest BCUT2D eigenvalue weighted by Gasteiger charge is -2.12. The first-order valence-electron chi connectivity index (χ1n) is 5.76. The van der Waals surface area contributed by atoms with Crippen molar-refractivity contribution in [3.8, 4) is 0 Å². The molecule has 2 rings (SSSR count). The maximum absolute atomic E-state index is 3.93. The first-order valence-corrected chi connectivity index (χ1v) is 6.64. The normalized spacial score (nSPS) is 12.0. The first-order chi connectivity index (χ1) is 8.38. The van der Waals surface area contributed by atoms with E-state index in [0.717, 1.165) is 6.42 Å². The molecule has 0 aliphatic carbocycles. The number of rotatable bonds is 5. The van der Waals surface area contributed by atoms with Crippen LogP contribution in [0.2, 0.25) is 0 Å². The summed E-state index contributed by atoms with van der Waals surface area (Å²) in [5, 5.41) is 0.430. The Balaban J connectivity index is 2.01. The second kappa shape index (κ2) is 6.31. The highest BCUT2D eigenvalue weighted by molar-refractivity contribution is 8.00. The van der Waals surface area contributed by atoms with Gasteiger partial charge in [0.2, 0.25) is 0 Å². The van der Waals surface area contributed by atoms with E-state index >= 15 is 0 Å². The third kappa shape index (κ3) is 3.79. The van der Waals surface area contributed by atoms with E-state index in [4.69, 9.17) is 0 Å².